The number of benzene rings is 1. The van der Waals surface area contributed by atoms with Crippen molar-refractivity contribution < 1.29 is 4.74 Å². The van der Waals surface area contributed by atoms with Crippen LogP contribution in [0, 0.1) is 0 Å². The molecule has 2 heterocycles. The van der Waals surface area contributed by atoms with Gasteiger partial charge in [0.15, 0.2) is 0 Å². The minimum Gasteiger partial charge on any atom is -0.496 e. The van der Waals surface area contributed by atoms with Gasteiger partial charge in [-0.3, -0.25) is 9.88 Å². The zero-order chi connectivity index (χ0) is 16.4. The Morgan fingerprint density at radius 1 is 1.08 bits per heavy atom. The Balaban J connectivity index is 1.42. The molecule has 1 aromatic carbocycles. The van der Waals surface area contributed by atoms with E-state index in [-0.39, 0.29) is 0 Å². The van der Waals surface area contributed by atoms with Crippen molar-refractivity contribution in [2.24, 2.45) is 0 Å². The third kappa shape index (κ3) is 3.18. The van der Waals surface area contributed by atoms with Crippen molar-refractivity contribution in [2.45, 2.75) is 44.6 Å². The van der Waals surface area contributed by atoms with Crippen molar-refractivity contribution in [3.8, 4) is 5.75 Å². The molecule has 4 rings (SSSR count). The Morgan fingerprint density at radius 2 is 1.79 bits per heavy atom. The van der Waals surface area contributed by atoms with Crippen molar-refractivity contribution in [2.75, 3.05) is 20.2 Å². The first-order chi connectivity index (χ1) is 11.8. The van der Waals surface area contributed by atoms with E-state index in [1.807, 2.05) is 12.4 Å². The molecule has 0 N–H and O–H groups in total. The summed E-state index contributed by atoms with van der Waals surface area (Å²) in [4.78, 5) is 6.71. The molecule has 3 nitrogen and oxygen atoms in total. The number of hydrogen-bond donors (Lipinski definition) is 0. The topological polar surface area (TPSA) is 25.4 Å². The Kier molecular flexibility index (Phi) is 4.52. The second-order valence-electron chi connectivity index (χ2n) is 7.12. The molecule has 126 valence electrons. The maximum Gasteiger partial charge on any atom is 0.123 e. The van der Waals surface area contributed by atoms with Crippen molar-refractivity contribution in [1.29, 1.82) is 0 Å². The molecule has 0 amide bonds. The summed E-state index contributed by atoms with van der Waals surface area (Å²) in [5.41, 5.74) is 5.84. The molecular weight excluding hydrogens is 296 g/mol. The van der Waals surface area contributed by atoms with Crippen molar-refractivity contribution in [1.82, 2.24) is 9.88 Å². The number of pyridine rings is 1. The van der Waals surface area contributed by atoms with Gasteiger partial charge in [-0.15, -0.1) is 0 Å². The maximum atomic E-state index is 5.67. The largest absolute Gasteiger partial charge is 0.496 e. The van der Waals surface area contributed by atoms with Crippen LogP contribution in [-0.4, -0.2) is 30.1 Å². The quantitative estimate of drug-likeness (QED) is 0.852. The molecule has 0 radical (unpaired) electrons. The van der Waals surface area contributed by atoms with Crippen LogP contribution in [0.25, 0.3) is 0 Å². The number of ether oxygens (including phenoxy) is 1. The van der Waals surface area contributed by atoms with Gasteiger partial charge in [0.05, 0.1) is 7.11 Å². The molecule has 1 fully saturated rings. The smallest absolute Gasteiger partial charge is 0.123 e. The predicted molar refractivity (Wildman–Crippen MR) is 96.5 cm³/mol. The average Bonchev–Trinajstić information content (AvgIpc) is 3.09. The fourth-order valence-electron chi connectivity index (χ4n) is 4.27. The van der Waals surface area contributed by atoms with E-state index in [2.05, 4.69) is 34.1 Å². The van der Waals surface area contributed by atoms with Gasteiger partial charge in [-0.1, -0.05) is 6.07 Å². The van der Waals surface area contributed by atoms with Crippen LogP contribution in [0.15, 0.2) is 36.7 Å². The summed E-state index contributed by atoms with van der Waals surface area (Å²) in [6.07, 6.45) is 10.0. The molecule has 0 unspecified atom stereocenters. The molecule has 0 bridgehead atoms. The van der Waals surface area contributed by atoms with Crippen molar-refractivity contribution in [3.63, 3.8) is 0 Å². The van der Waals surface area contributed by atoms with Crippen LogP contribution in [0.2, 0.25) is 0 Å². The second kappa shape index (κ2) is 6.94. The summed E-state index contributed by atoms with van der Waals surface area (Å²) in [6.45, 7) is 3.33. The molecule has 2 aliphatic rings. The Hall–Kier alpha value is -1.87. The van der Waals surface area contributed by atoms with E-state index in [1.54, 1.807) is 7.11 Å². The second-order valence-corrected chi connectivity index (χ2v) is 7.12. The van der Waals surface area contributed by atoms with E-state index in [9.17, 15) is 0 Å². The normalized spacial score (nSPS) is 18.5. The van der Waals surface area contributed by atoms with E-state index in [4.69, 9.17) is 4.74 Å². The highest BCUT2D eigenvalue weighted by Gasteiger charge is 2.22. The third-order valence-electron chi connectivity index (χ3n) is 5.65. The lowest BCUT2D eigenvalue weighted by atomic mass is 9.90. The number of aromatic nitrogens is 1. The molecule has 2 aromatic rings. The molecule has 0 atom stereocenters. The van der Waals surface area contributed by atoms with Gasteiger partial charge >= 0.3 is 0 Å². The van der Waals surface area contributed by atoms with Crippen LogP contribution >= 0.6 is 0 Å². The van der Waals surface area contributed by atoms with Crippen molar-refractivity contribution >= 4 is 0 Å². The van der Waals surface area contributed by atoms with Gasteiger partial charge in [-0.25, -0.2) is 0 Å². The fraction of sp³-hybridized carbons (Fsp3) is 0.476. The number of rotatable bonds is 4. The monoisotopic (exact) mass is 322 g/mol. The Labute approximate surface area is 144 Å². The zero-order valence-corrected chi connectivity index (χ0v) is 14.5. The molecule has 3 heteroatoms. The van der Waals surface area contributed by atoms with E-state index in [1.165, 1.54) is 54.4 Å². The standard InChI is InChI=1S/C21H26N2O/c1-24-21-14-19-4-2-3-18(19)13-20(21)15-23-11-7-17(8-12-23)16-5-9-22-10-6-16/h5-6,9-10,13-14,17H,2-4,7-8,11-12,15H2,1H3. The Morgan fingerprint density at radius 3 is 2.50 bits per heavy atom. The van der Waals surface area contributed by atoms with E-state index in [0.717, 1.165) is 25.4 Å². The third-order valence-corrected chi connectivity index (χ3v) is 5.65. The number of nitrogens with zero attached hydrogens (tertiary/aromatic N) is 2. The lowest BCUT2D eigenvalue weighted by Crippen LogP contribution is -2.32. The first kappa shape index (κ1) is 15.6. The van der Waals surface area contributed by atoms with Gasteiger partial charge in [-0.05, 0) is 86.0 Å². The average molecular weight is 322 g/mol. The van der Waals surface area contributed by atoms with Crippen LogP contribution < -0.4 is 4.74 Å². The number of methoxy groups -OCH3 is 1. The van der Waals surface area contributed by atoms with Crippen LogP contribution in [0.3, 0.4) is 0 Å². The van der Waals surface area contributed by atoms with Gasteiger partial charge in [-0.2, -0.15) is 0 Å². The highest BCUT2D eigenvalue weighted by Crippen LogP contribution is 2.33. The van der Waals surface area contributed by atoms with E-state index >= 15 is 0 Å². The first-order valence-electron chi connectivity index (χ1n) is 9.14. The highest BCUT2D eigenvalue weighted by molar-refractivity contribution is 5.44. The zero-order valence-electron chi connectivity index (χ0n) is 14.5. The van der Waals surface area contributed by atoms with Gasteiger partial charge in [0.2, 0.25) is 0 Å². The summed E-state index contributed by atoms with van der Waals surface area (Å²) in [5.74, 6) is 1.76. The van der Waals surface area contributed by atoms with Gasteiger partial charge in [0.1, 0.15) is 5.75 Å². The molecule has 1 aliphatic carbocycles. The molecule has 24 heavy (non-hydrogen) atoms. The molecule has 0 saturated carbocycles. The number of fused-ring (bicyclic) bond motifs is 1. The molecular formula is C21H26N2O. The van der Waals surface area contributed by atoms with Crippen LogP contribution in [0.5, 0.6) is 5.75 Å². The van der Waals surface area contributed by atoms with Gasteiger partial charge in [0.25, 0.3) is 0 Å². The summed E-state index contributed by atoms with van der Waals surface area (Å²) < 4.78 is 5.67. The summed E-state index contributed by atoms with van der Waals surface area (Å²) in [7, 11) is 1.80. The number of likely N-dealkylation sites (tertiary alicyclic amines) is 1. The van der Waals surface area contributed by atoms with Crippen LogP contribution in [0.1, 0.15) is 47.4 Å². The number of hydrogen-bond acceptors (Lipinski definition) is 3. The van der Waals surface area contributed by atoms with E-state index in [0.29, 0.717) is 5.92 Å². The SMILES string of the molecule is COc1cc2c(cc1CN1CCC(c3ccncc3)CC1)CCC2. The van der Waals surface area contributed by atoms with Crippen LogP contribution in [-0.2, 0) is 19.4 Å². The summed E-state index contributed by atoms with van der Waals surface area (Å²) in [5, 5.41) is 0. The molecule has 1 aromatic heterocycles. The lowest BCUT2D eigenvalue weighted by molar-refractivity contribution is 0.202. The molecule has 1 saturated heterocycles. The highest BCUT2D eigenvalue weighted by atomic mass is 16.5. The van der Waals surface area contributed by atoms with Gasteiger partial charge < -0.3 is 4.74 Å². The molecule has 1 aliphatic heterocycles. The Bertz CT molecular complexity index is 690. The summed E-state index contributed by atoms with van der Waals surface area (Å²) >= 11 is 0. The van der Waals surface area contributed by atoms with Crippen molar-refractivity contribution in [3.05, 3.63) is 58.9 Å². The minimum absolute atomic E-state index is 0.686. The maximum absolute atomic E-state index is 5.67. The van der Waals surface area contributed by atoms with Gasteiger partial charge in [0, 0.05) is 24.5 Å². The number of aryl methyl sites for hydroxylation is 2. The fourth-order valence-corrected chi connectivity index (χ4v) is 4.27. The minimum atomic E-state index is 0.686. The first-order valence-corrected chi connectivity index (χ1v) is 9.14. The predicted octanol–water partition coefficient (Wildman–Crippen LogP) is 3.96. The molecule has 0 spiro atoms. The summed E-state index contributed by atoms with van der Waals surface area (Å²) in [6, 6.07) is 9.02. The van der Waals surface area contributed by atoms with E-state index < -0.39 is 0 Å². The lowest BCUT2D eigenvalue weighted by Gasteiger charge is -2.32. The number of piperidine rings is 1. The van der Waals surface area contributed by atoms with Crippen LogP contribution in [0.4, 0.5) is 0 Å².